The van der Waals surface area contributed by atoms with Gasteiger partial charge in [0.05, 0.1) is 12.1 Å². The van der Waals surface area contributed by atoms with Crippen molar-refractivity contribution in [2.24, 2.45) is 5.92 Å². The van der Waals surface area contributed by atoms with Gasteiger partial charge in [-0.3, -0.25) is 0 Å². The molecular formula is C18H26N2O. The molecule has 0 amide bonds. The number of ether oxygens (including phenoxy) is 1. The topological polar surface area (TPSA) is 34.1 Å². The van der Waals surface area contributed by atoms with Gasteiger partial charge in [0.1, 0.15) is 0 Å². The molecule has 1 aromatic heterocycles. The van der Waals surface area contributed by atoms with Crippen LogP contribution in [0.4, 0.5) is 0 Å². The first-order valence-electron chi connectivity index (χ1n) is 7.61. The fraction of sp³-hybridized carbons (Fsp3) is 0.500. The minimum atomic E-state index is 0.0866. The van der Waals surface area contributed by atoms with E-state index in [9.17, 15) is 0 Å². The van der Waals surface area contributed by atoms with Crippen LogP contribution in [-0.2, 0) is 6.54 Å². The number of hydrogen-bond donors (Lipinski definition) is 1. The normalized spacial score (nSPS) is 12.1. The first kappa shape index (κ1) is 15.8. The largest absolute Gasteiger partial charge is 0.477 e. The van der Waals surface area contributed by atoms with Gasteiger partial charge in [0.2, 0.25) is 5.88 Å². The molecule has 0 fully saturated rings. The van der Waals surface area contributed by atoms with Crippen LogP contribution in [0.15, 0.2) is 30.3 Å². The lowest BCUT2D eigenvalue weighted by molar-refractivity contribution is 0.262. The molecule has 2 rings (SSSR count). The van der Waals surface area contributed by atoms with Crippen LogP contribution in [0.1, 0.15) is 40.2 Å². The molecule has 0 atom stereocenters. The van der Waals surface area contributed by atoms with E-state index >= 15 is 0 Å². The van der Waals surface area contributed by atoms with Gasteiger partial charge in [-0.1, -0.05) is 32.0 Å². The van der Waals surface area contributed by atoms with Crippen molar-refractivity contribution >= 4 is 10.9 Å². The van der Waals surface area contributed by atoms with Crippen LogP contribution in [-0.4, -0.2) is 17.1 Å². The Morgan fingerprint density at radius 2 is 1.90 bits per heavy atom. The Kier molecular flexibility index (Phi) is 4.84. The monoisotopic (exact) mass is 286 g/mol. The Bertz CT molecular complexity index is 600. The highest BCUT2D eigenvalue weighted by Crippen LogP contribution is 2.23. The number of nitrogens with one attached hydrogen (secondary N) is 1. The van der Waals surface area contributed by atoms with Gasteiger partial charge in [-0.15, -0.1) is 0 Å². The number of nitrogens with zero attached hydrogens (tertiary/aromatic N) is 1. The minimum Gasteiger partial charge on any atom is -0.477 e. The number of fused-ring (bicyclic) bond motifs is 1. The van der Waals surface area contributed by atoms with Gasteiger partial charge in [0.25, 0.3) is 0 Å². The van der Waals surface area contributed by atoms with Gasteiger partial charge in [-0.2, -0.15) is 0 Å². The van der Waals surface area contributed by atoms with Crippen LogP contribution in [0, 0.1) is 5.92 Å². The SMILES string of the molecule is CC(C)COc1cc(CNC(C)(C)C)c2ccccc2n1. The third kappa shape index (κ3) is 4.71. The molecule has 0 radical (unpaired) electrons. The molecule has 1 N–H and O–H groups in total. The summed E-state index contributed by atoms with van der Waals surface area (Å²) in [6, 6.07) is 10.3. The Morgan fingerprint density at radius 3 is 2.57 bits per heavy atom. The number of aromatic nitrogens is 1. The highest BCUT2D eigenvalue weighted by molar-refractivity contribution is 5.82. The molecule has 2 aromatic rings. The van der Waals surface area contributed by atoms with E-state index in [1.54, 1.807) is 0 Å². The smallest absolute Gasteiger partial charge is 0.214 e. The Morgan fingerprint density at radius 1 is 1.19 bits per heavy atom. The Hall–Kier alpha value is -1.61. The van der Waals surface area contributed by atoms with Crippen molar-refractivity contribution in [2.45, 2.75) is 46.7 Å². The Balaban J connectivity index is 2.31. The summed E-state index contributed by atoms with van der Waals surface area (Å²) in [6.07, 6.45) is 0. The van der Waals surface area contributed by atoms with Gasteiger partial charge < -0.3 is 10.1 Å². The Labute approximate surface area is 127 Å². The van der Waals surface area contributed by atoms with Crippen LogP contribution in [0.3, 0.4) is 0 Å². The van der Waals surface area contributed by atoms with Crippen molar-refractivity contribution in [2.75, 3.05) is 6.61 Å². The van der Waals surface area contributed by atoms with Gasteiger partial charge in [-0.05, 0) is 38.3 Å². The summed E-state index contributed by atoms with van der Waals surface area (Å²) in [7, 11) is 0. The summed E-state index contributed by atoms with van der Waals surface area (Å²) in [5, 5.41) is 4.73. The average molecular weight is 286 g/mol. The van der Waals surface area contributed by atoms with Crippen molar-refractivity contribution in [1.82, 2.24) is 10.3 Å². The molecule has 1 heterocycles. The molecule has 114 valence electrons. The molecule has 0 bridgehead atoms. The highest BCUT2D eigenvalue weighted by atomic mass is 16.5. The maximum Gasteiger partial charge on any atom is 0.214 e. The van der Waals surface area contributed by atoms with E-state index in [2.05, 4.69) is 63.1 Å². The number of rotatable bonds is 5. The van der Waals surface area contributed by atoms with Crippen molar-refractivity contribution in [1.29, 1.82) is 0 Å². The third-order valence-corrected chi connectivity index (χ3v) is 3.15. The lowest BCUT2D eigenvalue weighted by Crippen LogP contribution is -2.35. The first-order valence-corrected chi connectivity index (χ1v) is 7.61. The molecule has 3 heteroatoms. The van der Waals surface area contributed by atoms with E-state index in [-0.39, 0.29) is 5.54 Å². The molecule has 0 unspecified atom stereocenters. The van der Waals surface area contributed by atoms with E-state index in [1.807, 2.05) is 12.1 Å². The molecule has 0 aliphatic heterocycles. The predicted molar refractivity (Wildman–Crippen MR) is 88.7 cm³/mol. The number of benzene rings is 1. The summed E-state index contributed by atoms with van der Waals surface area (Å²) >= 11 is 0. The maximum absolute atomic E-state index is 5.81. The predicted octanol–water partition coefficient (Wildman–Crippen LogP) is 4.16. The molecule has 0 aliphatic carbocycles. The van der Waals surface area contributed by atoms with Gasteiger partial charge in [0.15, 0.2) is 0 Å². The quantitative estimate of drug-likeness (QED) is 0.896. The standard InChI is InChI=1S/C18H26N2O/c1-13(2)12-21-17-10-14(11-19-18(3,4)5)15-8-6-7-9-16(15)20-17/h6-10,13,19H,11-12H2,1-5H3. The van der Waals surface area contributed by atoms with E-state index < -0.39 is 0 Å². The van der Waals surface area contributed by atoms with Crippen molar-refractivity contribution < 1.29 is 4.74 Å². The summed E-state index contributed by atoms with van der Waals surface area (Å²) in [4.78, 5) is 4.60. The van der Waals surface area contributed by atoms with E-state index in [4.69, 9.17) is 4.74 Å². The van der Waals surface area contributed by atoms with Crippen LogP contribution < -0.4 is 10.1 Å². The molecule has 21 heavy (non-hydrogen) atoms. The third-order valence-electron chi connectivity index (χ3n) is 3.15. The van der Waals surface area contributed by atoms with E-state index in [0.717, 1.165) is 12.1 Å². The van der Waals surface area contributed by atoms with Crippen LogP contribution in [0.25, 0.3) is 10.9 Å². The molecule has 0 aliphatic rings. The first-order chi connectivity index (χ1) is 9.85. The van der Waals surface area contributed by atoms with Crippen LogP contribution in [0.5, 0.6) is 5.88 Å². The summed E-state index contributed by atoms with van der Waals surface area (Å²) in [5.74, 6) is 1.21. The number of para-hydroxylation sites is 1. The number of hydrogen-bond acceptors (Lipinski definition) is 3. The second-order valence-electron chi connectivity index (χ2n) is 6.95. The zero-order valence-electron chi connectivity index (χ0n) is 13.7. The lowest BCUT2D eigenvalue weighted by Gasteiger charge is -2.21. The minimum absolute atomic E-state index is 0.0866. The van der Waals surface area contributed by atoms with Crippen molar-refractivity contribution in [3.8, 4) is 5.88 Å². The summed E-state index contributed by atoms with van der Waals surface area (Å²) < 4.78 is 5.81. The fourth-order valence-corrected chi connectivity index (χ4v) is 2.05. The fourth-order valence-electron chi connectivity index (χ4n) is 2.05. The van der Waals surface area contributed by atoms with Crippen molar-refractivity contribution in [3.05, 3.63) is 35.9 Å². The van der Waals surface area contributed by atoms with E-state index in [0.29, 0.717) is 18.4 Å². The zero-order chi connectivity index (χ0) is 15.5. The molecule has 0 spiro atoms. The van der Waals surface area contributed by atoms with Crippen LogP contribution in [0.2, 0.25) is 0 Å². The second kappa shape index (κ2) is 6.44. The van der Waals surface area contributed by atoms with Gasteiger partial charge in [0, 0.05) is 23.5 Å². The van der Waals surface area contributed by atoms with E-state index in [1.165, 1.54) is 10.9 Å². The molecule has 0 saturated carbocycles. The van der Waals surface area contributed by atoms with Crippen LogP contribution >= 0.6 is 0 Å². The molecule has 0 saturated heterocycles. The molecular weight excluding hydrogens is 260 g/mol. The molecule has 1 aromatic carbocycles. The lowest BCUT2D eigenvalue weighted by atomic mass is 10.1. The zero-order valence-corrected chi connectivity index (χ0v) is 13.7. The molecule has 3 nitrogen and oxygen atoms in total. The summed E-state index contributed by atoms with van der Waals surface area (Å²) in [5.41, 5.74) is 2.31. The van der Waals surface area contributed by atoms with Crippen molar-refractivity contribution in [3.63, 3.8) is 0 Å². The average Bonchev–Trinajstić information content (AvgIpc) is 2.41. The number of pyridine rings is 1. The highest BCUT2D eigenvalue weighted by Gasteiger charge is 2.12. The second-order valence-corrected chi connectivity index (χ2v) is 6.95. The maximum atomic E-state index is 5.81. The summed E-state index contributed by atoms with van der Waals surface area (Å²) in [6.45, 7) is 12.3. The van der Waals surface area contributed by atoms with Gasteiger partial charge >= 0.3 is 0 Å². The van der Waals surface area contributed by atoms with Gasteiger partial charge in [-0.25, -0.2) is 4.98 Å².